The third-order valence-corrected chi connectivity index (χ3v) is 6.01. The van der Waals surface area contributed by atoms with E-state index in [0.29, 0.717) is 16.6 Å². The number of rotatable bonds is 7. The number of anilines is 1. The fourth-order valence-corrected chi connectivity index (χ4v) is 3.86. The molecule has 0 bridgehead atoms. The largest absolute Gasteiger partial charge is 0.483 e. The molecule has 1 N–H and O–H groups in total. The van der Waals surface area contributed by atoms with Crippen LogP contribution in [0.4, 0.5) is 10.8 Å². The minimum atomic E-state index is -0.450. The summed E-state index contributed by atoms with van der Waals surface area (Å²) in [5.74, 6) is 0.629. The average molecular weight is 490 g/mol. The molecule has 0 saturated carbocycles. The molecule has 0 atom stereocenters. The predicted molar refractivity (Wildman–Crippen MR) is 121 cm³/mol. The van der Waals surface area contributed by atoms with E-state index in [-0.39, 0.29) is 24.1 Å². The standard InChI is InChI=1S/C21H20BrN3O4S/c1-12(2)16-9-17(22)13(3)8-19(16)29-10-20(26)24-21-23-18(11-30-21)14-4-6-15(7-5-14)25(27)28/h4-9,11-12H,10H2,1-3H3,(H,23,24,26). The van der Waals surface area contributed by atoms with Gasteiger partial charge in [0, 0.05) is 27.5 Å². The van der Waals surface area contributed by atoms with E-state index in [2.05, 4.69) is 40.1 Å². The summed E-state index contributed by atoms with van der Waals surface area (Å²) >= 11 is 4.81. The number of amides is 1. The summed E-state index contributed by atoms with van der Waals surface area (Å²) in [5, 5.41) is 15.7. The fourth-order valence-electron chi connectivity index (χ4n) is 2.76. The molecule has 1 heterocycles. The number of carbonyl (C=O) groups is 1. The van der Waals surface area contributed by atoms with Gasteiger partial charge in [-0.2, -0.15) is 0 Å². The molecule has 7 nitrogen and oxygen atoms in total. The van der Waals surface area contributed by atoms with Gasteiger partial charge in [-0.1, -0.05) is 29.8 Å². The Kier molecular flexibility index (Phi) is 6.84. The number of nitrogens with one attached hydrogen (secondary N) is 1. The van der Waals surface area contributed by atoms with Crippen molar-refractivity contribution in [3.8, 4) is 17.0 Å². The van der Waals surface area contributed by atoms with E-state index >= 15 is 0 Å². The van der Waals surface area contributed by atoms with Gasteiger partial charge in [0.25, 0.3) is 11.6 Å². The molecule has 1 amide bonds. The number of aromatic nitrogens is 1. The molecule has 0 saturated heterocycles. The van der Waals surface area contributed by atoms with E-state index < -0.39 is 4.92 Å². The smallest absolute Gasteiger partial charge is 0.269 e. The van der Waals surface area contributed by atoms with Gasteiger partial charge in [0.15, 0.2) is 11.7 Å². The van der Waals surface area contributed by atoms with Crippen LogP contribution in [-0.2, 0) is 4.79 Å². The summed E-state index contributed by atoms with van der Waals surface area (Å²) in [6, 6.07) is 10.0. The zero-order valence-corrected chi connectivity index (χ0v) is 19.0. The Balaban J connectivity index is 1.64. The maximum atomic E-state index is 12.3. The van der Waals surface area contributed by atoms with Crippen LogP contribution in [0, 0.1) is 17.0 Å². The van der Waals surface area contributed by atoms with E-state index in [1.165, 1.54) is 23.5 Å². The average Bonchev–Trinajstić information content (AvgIpc) is 3.16. The third kappa shape index (κ3) is 5.22. The van der Waals surface area contributed by atoms with Gasteiger partial charge in [-0.25, -0.2) is 4.98 Å². The van der Waals surface area contributed by atoms with Crippen LogP contribution in [0.2, 0.25) is 0 Å². The molecule has 0 radical (unpaired) electrons. The molecule has 9 heteroatoms. The number of nitro benzene ring substituents is 1. The van der Waals surface area contributed by atoms with Crippen molar-refractivity contribution >= 4 is 44.0 Å². The van der Waals surface area contributed by atoms with Crippen LogP contribution in [0.15, 0.2) is 46.3 Å². The van der Waals surface area contributed by atoms with Crippen molar-refractivity contribution in [1.82, 2.24) is 4.98 Å². The summed E-state index contributed by atoms with van der Waals surface area (Å²) < 4.78 is 6.78. The highest BCUT2D eigenvalue weighted by atomic mass is 79.9. The number of nitro groups is 1. The molecule has 3 rings (SSSR count). The van der Waals surface area contributed by atoms with Gasteiger partial charge in [-0.15, -0.1) is 11.3 Å². The lowest BCUT2D eigenvalue weighted by Gasteiger charge is -2.15. The number of hydrogen-bond donors (Lipinski definition) is 1. The Hall–Kier alpha value is -2.78. The van der Waals surface area contributed by atoms with E-state index in [0.717, 1.165) is 21.2 Å². The molecule has 0 aliphatic carbocycles. The first-order chi connectivity index (χ1) is 14.2. The first-order valence-corrected chi connectivity index (χ1v) is 10.8. The first kappa shape index (κ1) is 21.9. The number of benzene rings is 2. The monoisotopic (exact) mass is 489 g/mol. The topological polar surface area (TPSA) is 94.4 Å². The lowest BCUT2D eigenvalue weighted by atomic mass is 10.0. The molecule has 156 valence electrons. The second kappa shape index (κ2) is 9.36. The minimum Gasteiger partial charge on any atom is -0.483 e. The molecule has 0 fully saturated rings. The molecule has 3 aromatic rings. The lowest BCUT2D eigenvalue weighted by Crippen LogP contribution is -2.20. The van der Waals surface area contributed by atoms with Crippen LogP contribution in [-0.4, -0.2) is 22.4 Å². The number of non-ortho nitro benzene ring substituents is 1. The van der Waals surface area contributed by atoms with Gasteiger partial charge in [0.2, 0.25) is 0 Å². The van der Waals surface area contributed by atoms with Crippen LogP contribution in [0.3, 0.4) is 0 Å². The summed E-state index contributed by atoms with van der Waals surface area (Å²) in [4.78, 5) is 27.0. The van der Waals surface area contributed by atoms with Gasteiger partial charge in [0.05, 0.1) is 10.6 Å². The molecule has 0 unspecified atom stereocenters. The first-order valence-electron chi connectivity index (χ1n) is 9.17. The van der Waals surface area contributed by atoms with Gasteiger partial charge in [0.1, 0.15) is 5.75 Å². The van der Waals surface area contributed by atoms with Gasteiger partial charge < -0.3 is 4.74 Å². The summed E-state index contributed by atoms with van der Waals surface area (Å²) in [6.45, 7) is 5.97. The Morgan fingerprint density at radius 2 is 2.00 bits per heavy atom. The molecular weight excluding hydrogens is 470 g/mol. The molecule has 1 aromatic heterocycles. The second-order valence-electron chi connectivity index (χ2n) is 6.97. The van der Waals surface area contributed by atoms with Crippen molar-refractivity contribution in [1.29, 1.82) is 0 Å². The summed E-state index contributed by atoms with van der Waals surface area (Å²) in [5.41, 5.74) is 3.44. The van der Waals surface area contributed by atoms with Crippen molar-refractivity contribution in [2.24, 2.45) is 0 Å². The van der Waals surface area contributed by atoms with E-state index in [4.69, 9.17) is 4.74 Å². The second-order valence-corrected chi connectivity index (χ2v) is 8.69. The number of thiazole rings is 1. The number of hydrogen-bond acceptors (Lipinski definition) is 6. The van der Waals surface area contributed by atoms with Crippen LogP contribution in [0.5, 0.6) is 5.75 Å². The number of carbonyl (C=O) groups excluding carboxylic acids is 1. The van der Waals surface area contributed by atoms with E-state index in [9.17, 15) is 14.9 Å². The van der Waals surface area contributed by atoms with Crippen molar-refractivity contribution in [2.45, 2.75) is 26.7 Å². The quantitative estimate of drug-likeness (QED) is 0.327. The summed E-state index contributed by atoms with van der Waals surface area (Å²) in [7, 11) is 0. The number of ether oxygens (including phenoxy) is 1. The number of halogens is 1. The van der Waals surface area contributed by atoms with E-state index in [1.54, 1.807) is 17.5 Å². The van der Waals surface area contributed by atoms with Crippen LogP contribution in [0.1, 0.15) is 30.9 Å². The molecule has 2 aromatic carbocycles. The number of nitrogens with zero attached hydrogens (tertiary/aromatic N) is 2. The zero-order chi connectivity index (χ0) is 21.8. The van der Waals surface area contributed by atoms with Crippen molar-refractivity contribution in [3.05, 3.63) is 67.5 Å². The lowest BCUT2D eigenvalue weighted by molar-refractivity contribution is -0.384. The normalized spacial score (nSPS) is 10.8. The highest BCUT2D eigenvalue weighted by molar-refractivity contribution is 9.10. The zero-order valence-electron chi connectivity index (χ0n) is 16.6. The maximum Gasteiger partial charge on any atom is 0.269 e. The number of aryl methyl sites for hydroxylation is 1. The molecule has 0 spiro atoms. The Bertz CT molecular complexity index is 1080. The Labute approximate surface area is 186 Å². The molecule has 30 heavy (non-hydrogen) atoms. The minimum absolute atomic E-state index is 0.0172. The maximum absolute atomic E-state index is 12.3. The Morgan fingerprint density at radius 3 is 2.63 bits per heavy atom. The Morgan fingerprint density at radius 1 is 1.30 bits per heavy atom. The SMILES string of the molecule is Cc1cc(OCC(=O)Nc2nc(-c3ccc([N+](=O)[O-])cc3)cs2)c(C(C)C)cc1Br. The van der Waals surface area contributed by atoms with Crippen LogP contribution in [0.25, 0.3) is 11.3 Å². The molecular formula is C21H20BrN3O4S. The molecule has 0 aliphatic rings. The predicted octanol–water partition coefficient (Wildman–Crippen LogP) is 5.93. The van der Waals surface area contributed by atoms with Gasteiger partial charge in [-0.05, 0) is 48.2 Å². The van der Waals surface area contributed by atoms with Gasteiger partial charge in [-0.3, -0.25) is 20.2 Å². The fraction of sp³-hybridized carbons (Fsp3) is 0.238. The van der Waals surface area contributed by atoms with Crippen LogP contribution < -0.4 is 10.1 Å². The van der Waals surface area contributed by atoms with Crippen LogP contribution >= 0.6 is 27.3 Å². The van der Waals surface area contributed by atoms with Crippen molar-refractivity contribution in [3.63, 3.8) is 0 Å². The van der Waals surface area contributed by atoms with Gasteiger partial charge >= 0.3 is 0 Å². The van der Waals surface area contributed by atoms with E-state index in [1.807, 2.05) is 19.1 Å². The van der Waals surface area contributed by atoms with Crippen molar-refractivity contribution < 1.29 is 14.5 Å². The van der Waals surface area contributed by atoms with Crippen molar-refractivity contribution in [2.75, 3.05) is 11.9 Å². The molecule has 0 aliphatic heterocycles. The summed E-state index contributed by atoms with van der Waals surface area (Å²) in [6.07, 6.45) is 0. The highest BCUT2D eigenvalue weighted by Gasteiger charge is 2.14. The highest BCUT2D eigenvalue weighted by Crippen LogP contribution is 2.32. The third-order valence-electron chi connectivity index (χ3n) is 4.40.